The van der Waals surface area contributed by atoms with Gasteiger partial charge in [-0.3, -0.25) is 10.1 Å². The number of hydrogen-bond donors (Lipinski definition) is 2. The molecule has 1 atom stereocenters. The number of thiazole rings is 1. The Balaban J connectivity index is 1.55. The molecular weight excluding hydrogens is 483 g/mol. The zero-order chi connectivity index (χ0) is 23.8. The average Bonchev–Trinajstić information content (AvgIpc) is 3.34. The van der Waals surface area contributed by atoms with Gasteiger partial charge in [0.2, 0.25) is 5.91 Å². The SMILES string of the molecule is Cc1nc(NC(=O)N2CCC[C@@]2(C)C(N)=O)sc1-c1ccnc(Cc2c(Cl)cccc2Cl)n1. The quantitative estimate of drug-likeness (QED) is 0.523. The molecule has 2 aromatic heterocycles. The minimum Gasteiger partial charge on any atom is -0.368 e. The third kappa shape index (κ3) is 4.66. The lowest BCUT2D eigenvalue weighted by atomic mass is 9.98. The van der Waals surface area contributed by atoms with Gasteiger partial charge in [-0.15, -0.1) is 0 Å². The number of carbonyl (C=O) groups is 2. The fourth-order valence-corrected chi connectivity index (χ4v) is 5.32. The maximum Gasteiger partial charge on any atom is 0.324 e. The van der Waals surface area contributed by atoms with E-state index in [-0.39, 0.29) is 0 Å². The van der Waals surface area contributed by atoms with E-state index in [1.807, 2.05) is 6.92 Å². The molecule has 1 fully saturated rings. The number of primary amides is 1. The van der Waals surface area contributed by atoms with Crippen molar-refractivity contribution in [3.63, 3.8) is 0 Å². The molecule has 8 nitrogen and oxygen atoms in total. The lowest BCUT2D eigenvalue weighted by molar-refractivity contribution is -0.126. The van der Waals surface area contributed by atoms with E-state index < -0.39 is 17.5 Å². The number of benzene rings is 1. The highest BCUT2D eigenvalue weighted by Crippen LogP contribution is 2.34. The van der Waals surface area contributed by atoms with Gasteiger partial charge >= 0.3 is 6.03 Å². The number of nitrogens with two attached hydrogens (primary N) is 1. The number of hydrogen-bond acceptors (Lipinski definition) is 6. The first kappa shape index (κ1) is 23.4. The molecule has 33 heavy (non-hydrogen) atoms. The van der Waals surface area contributed by atoms with Crippen LogP contribution in [0.2, 0.25) is 10.0 Å². The van der Waals surface area contributed by atoms with Crippen molar-refractivity contribution < 1.29 is 9.59 Å². The maximum absolute atomic E-state index is 12.8. The number of halogens is 2. The summed E-state index contributed by atoms with van der Waals surface area (Å²) < 4.78 is 0. The molecule has 3 N–H and O–H groups in total. The average molecular weight is 505 g/mol. The fraction of sp³-hybridized carbons (Fsp3) is 0.318. The molecular formula is C22H22Cl2N6O2S. The maximum atomic E-state index is 12.8. The summed E-state index contributed by atoms with van der Waals surface area (Å²) in [6, 6.07) is 6.73. The zero-order valence-corrected chi connectivity index (χ0v) is 20.4. The number of aryl methyl sites for hydroxylation is 1. The molecule has 0 spiro atoms. The van der Waals surface area contributed by atoms with E-state index in [0.29, 0.717) is 52.5 Å². The molecule has 0 unspecified atom stereocenters. The first-order valence-corrected chi connectivity index (χ1v) is 11.9. The largest absolute Gasteiger partial charge is 0.368 e. The zero-order valence-electron chi connectivity index (χ0n) is 18.1. The summed E-state index contributed by atoms with van der Waals surface area (Å²) in [5, 5.41) is 4.33. The van der Waals surface area contributed by atoms with Gasteiger partial charge in [0.15, 0.2) is 5.13 Å². The van der Waals surface area contributed by atoms with Gasteiger partial charge < -0.3 is 10.6 Å². The molecule has 11 heteroatoms. The van der Waals surface area contributed by atoms with Crippen LogP contribution in [0.3, 0.4) is 0 Å². The predicted octanol–water partition coefficient (Wildman–Crippen LogP) is 4.68. The Morgan fingerprint density at radius 2 is 1.97 bits per heavy atom. The summed E-state index contributed by atoms with van der Waals surface area (Å²) in [4.78, 5) is 40.5. The smallest absolute Gasteiger partial charge is 0.324 e. The van der Waals surface area contributed by atoms with Crippen LogP contribution in [-0.2, 0) is 11.2 Å². The predicted molar refractivity (Wildman–Crippen MR) is 130 cm³/mol. The van der Waals surface area contributed by atoms with Crippen LogP contribution in [0.5, 0.6) is 0 Å². The van der Waals surface area contributed by atoms with Crippen LogP contribution in [0.1, 0.15) is 36.8 Å². The standard InChI is InChI=1S/C22H22Cl2N6O2S/c1-12-18(16-7-9-26-17(28-16)11-13-14(23)5-3-6-15(13)24)33-20(27-12)29-21(32)30-10-4-8-22(30,2)19(25)31/h3,5-7,9H,4,8,10-11H2,1-2H3,(H2,25,31)(H,27,29,32)/t22-/m0/s1. The number of aromatic nitrogens is 3. The molecule has 172 valence electrons. The number of rotatable bonds is 5. The Morgan fingerprint density at radius 3 is 2.67 bits per heavy atom. The van der Waals surface area contributed by atoms with Gasteiger partial charge in [0.05, 0.1) is 16.3 Å². The van der Waals surface area contributed by atoms with Crippen molar-refractivity contribution in [2.75, 3.05) is 11.9 Å². The van der Waals surface area contributed by atoms with E-state index in [2.05, 4.69) is 20.3 Å². The summed E-state index contributed by atoms with van der Waals surface area (Å²) in [5.74, 6) is 0.0495. The van der Waals surface area contributed by atoms with E-state index in [9.17, 15) is 9.59 Å². The van der Waals surface area contributed by atoms with Crippen LogP contribution in [-0.4, -0.2) is 43.9 Å². The Hall–Kier alpha value is -2.75. The first-order chi connectivity index (χ1) is 15.7. The van der Waals surface area contributed by atoms with E-state index in [1.54, 1.807) is 37.4 Å². The molecule has 1 aromatic carbocycles. The number of urea groups is 1. The van der Waals surface area contributed by atoms with Gasteiger partial charge in [-0.2, -0.15) is 0 Å². The number of nitrogens with one attached hydrogen (secondary N) is 1. The Kier molecular flexibility index (Phi) is 6.56. The second-order valence-electron chi connectivity index (χ2n) is 7.99. The summed E-state index contributed by atoms with van der Waals surface area (Å²) in [5.41, 5.74) is 6.70. The van der Waals surface area contributed by atoms with Gasteiger partial charge in [-0.25, -0.2) is 19.7 Å². The van der Waals surface area contributed by atoms with E-state index in [4.69, 9.17) is 28.9 Å². The van der Waals surface area contributed by atoms with Crippen LogP contribution in [0.25, 0.3) is 10.6 Å². The van der Waals surface area contributed by atoms with Crippen LogP contribution >= 0.6 is 34.5 Å². The monoisotopic (exact) mass is 504 g/mol. The third-order valence-corrected chi connectivity index (χ3v) is 7.57. The van der Waals surface area contributed by atoms with E-state index in [0.717, 1.165) is 16.1 Å². The topological polar surface area (TPSA) is 114 Å². The van der Waals surface area contributed by atoms with E-state index >= 15 is 0 Å². The van der Waals surface area contributed by atoms with Gasteiger partial charge in [0, 0.05) is 29.2 Å². The molecule has 0 aliphatic carbocycles. The minimum atomic E-state index is -0.999. The van der Waals surface area contributed by atoms with Crippen LogP contribution in [0.15, 0.2) is 30.5 Å². The summed E-state index contributed by atoms with van der Waals surface area (Å²) in [6.45, 7) is 3.99. The van der Waals surface area contributed by atoms with Crippen molar-refractivity contribution in [2.24, 2.45) is 5.73 Å². The number of likely N-dealkylation sites (tertiary alicyclic amines) is 1. The minimum absolute atomic E-state index is 0.383. The normalized spacial score (nSPS) is 17.9. The molecule has 1 saturated heterocycles. The second-order valence-corrected chi connectivity index (χ2v) is 9.81. The number of carbonyl (C=O) groups excluding carboxylic acids is 2. The molecule has 0 bridgehead atoms. The summed E-state index contributed by atoms with van der Waals surface area (Å²) in [6.07, 6.45) is 3.31. The Morgan fingerprint density at radius 1 is 1.24 bits per heavy atom. The Labute approximate surface area is 205 Å². The van der Waals surface area contributed by atoms with Crippen LogP contribution in [0, 0.1) is 6.92 Å². The third-order valence-electron chi connectivity index (χ3n) is 5.76. The van der Waals surface area contributed by atoms with Gasteiger partial charge in [0.1, 0.15) is 11.4 Å². The van der Waals surface area contributed by atoms with Crippen molar-refractivity contribution in [3.05, 3.63) is 57.6 Å². The molecule has 3 aromatic rings. The van der Waals surface area contributed by atoms with Gasteiger partial charge in [-0.05, 0) is 50.5 Å². The molecule has 0 saturated carbocycles. The second kappa shape index (κ2) is 9.24. The first-order valence-electron chi connectivity index (χ1n) is 10.3. The number of nitrogens with zero attached hydrogens (tertiary/aromatic N) is 4. The van der Waals surface area contributed by atoms with Crippen molar-refractivity contribution in [3.8, 4) is 10.6 Å². The summed E-state index contributed by atoms with van der Waals surface area (Å²) in [7, 11) is 0. The molecule has 4 rings (SSSR count). The van der Waals surface area contributed by atoms with Crippen LogP contribution < -0.4 is 11.1 Å². The molecule has 0 radical (unpaired) electrons. The number of anilines is 1. The highest BCUT2D eigenvalue weighted by molar-refractivity contribution is 7.19. The van der Waals surface area contributed by atoms with Crippen molar-refractivity contribution >= 4 is 51.6 Å². The highest BCUT2D eigenvalue weighted by atomic mass is 35.5. The van der Waals surface area contributed by atoms with Crippen molar-refractivity contribution in [1.82, 2.24) is 19.9 Å². The fourth-order valence-electron chi connectivity index (χ4n) is 3.86. The van der Waals surface area contributed by atoms with E-state index in [1.165, 1.54) is 16.2 Å². The van der Waals surface area contributed by atoms with Crippen LogP contribution in [0.4, 0.5) is 9.93 Å². The Bertz CT molecular complexity index is 1210. The lowest BCUT2D eigenvalue weighted by Gasteiger charge is -2.31. The van der Waals surface area contributed by atoms with Gasteiger partial charge in [-0.1, -0.05) is 40.6 Å². The lowest BCUT2D eigenvalue weighted by Crippen LogP contribution is -2.55. The van der Waals surface area contributed by atoms with Crippen molar-refractivity contribution in [2.45, 2.75) is 38.6 Å². The van der Waals surface area contributed by atoms with Gasteiger partial charge in [0.25, 0.3) is 0 Å². The highest BCUT2D eigenvalue weighted by Gasteiger charge is 2.44. The summed E-state index contributed by atoms with van der Waals surface area (Å²) >= 11 is 13.9. The molecule has 1 aliphatic rings. The van der Waals surface area contributed by atoms with Crippen molar-refractivity contribution in [1.29, 1.82) is 0 Å². The molecule has 1 aliphatic heterocycles. The number of amides is 3. The molecule has 3 amide bonds. The molecule has 3 heterocycles.